The first-order valence-corrected chi connectivity index (χ1v) is 6.03. The number of cyclic esters (lactones) is 1. The number of carbonyl (C=O) groups is 2. The van der Waals surface area contributed by atoms with Crippen LogP contribution >= 0.6 is 0 Å². The minimum absolute atomic E-state index is 0.138. The monoisotopic (exact) mass is 261 g/mol. The van der Waals surface area contributed by atoms with Gasteiger partial charge >= 0.3 is 11.9 Å². The van der Waals surface area contributed by atoms with Crippen LogP contribution in [0.2, 0.25) is 0 Å². The quantitative estimate of drug-likeness (QED) is 0.763. The number of hydrogen-bond acceptors (Lipinski definition) is 5. The van der Waals surface area contributed by atoms with Crippen LogP contribution in [0.5, 0.6) is 0 Å². The first kappa shape index (κ1) is 13.3. The zero-order chi connectivity index (χ0) is 13.7. The van der Waals surface area contributed by atoms with Crippen molar-refractivity contribution in [3.8, 4) is 0 Å². The number of carbonyl (C=O) groups excluding carboxylic acids is 2. The Morgan fingerprint density at radius 1 is 1.42 bits per heavy atom. The molecule has 0 bridgehead atoms. The van der Waals surface area contributed by atoms with Crippen LogP contribution in [0.15, 0.2) is 35.3 Å². The predicted molar refractivity (Wildman–Crippen MR) is 69.0 cm³/mol. The van der Waals surface area contributed by atoms with E-state index < -0.39 is 11.9 Å². The van der Waals surface area contributed by atoms with Gasteiger partial charge in [-0.2, -0.15) is 0 Å². The van der Waals surface area contributed by atoms with E-state index in [1.807, 2.05) is 30.3 Å². The molecule has 1 heterocycles. The highest BCUT2D eigenvalue weighted by Crippen LogP contribution is 2.12. The molecule has 19 heavy (non-hydrogen) atoms. The van der Waals surface area contributed by atoms with Crippen molar-refractivity contribution in [2.75, 3.05) is 13.7 Å². The van der Waals surface area contributed by atoms with E-state index in [9.17, 15) is 9.59 Å². The number of nitrogens with zero attached hydrogens (tertiary/aromatic N) is 1. The average molecular weight is 261 g/mol. The molecular weight excluding hydrogens is 246 g/mol. The van der Waals surface area contributed by atoms with Crippen LogP contribution < -0.4 is 0 Å². The van der Waals surface area contributed by atoms with Crippen molar-refractivity contribution in [1.82, 2.24) is 0 Å². The molecule has 5 nitrogen and oxygen atoms in total. The highest BCUT2D eigenvalue weighted by molar-refractivity contribution is 6.39. The maximum absolute atomic E-state index is 11.5. The molecule has 5 heteroatoms. The first-order chi connectivity index (χ1) is 9.19. The molecule has 1 unspecified atom stereocenters. The summed E-state index contributed by atoms with van der Waals surface area (Å²) in [5.41, 5.74) is 1.26. The maximum atomic E-state index is 11.5. The van der Waals surface area contributed by atoms with E-state index in [4.69, 9.17) is 4.74 Å². The Balaban J connectivity index is 2.06. The molecule has 2 rings (SSSR count). The second-order valence-electron chi connectivity index (χ2n) is 4.27. The second kappa shape index (κ2) is 6.13. The summed E-state index contributed by atoms with van der Waals surface area (Å²) in [6.07, 6.45) is 0.541. The number of aliphatic imine (C=N–C) groups is 1. The Morgan fingerprint density at radius 3 is 2.84 bits per heavy atom. The van der Waals surface area contributed by atoms with Crippen LogP contribution in [0.4, 0.5) is 0 Å². The Bertz CT molecular complexity index is 495. The summed E-state index contributed by atoms with van der Waals surface area (Å²) in [6, 6.07) is 9.68. The van der Waals surface area contributed by atoms with Crippen LogP contribution in [-0.2, 0) is 25.5 Å². The molecule has 1 aliphatic rings. The molecule has 0 amide bonds. The molecule has 1 aromatic carbocycles. The minimum atomic E-state index is -0.533. The van der Waals surface area contributed by atoms with Gasteiger partial charge in [0.25, 0.3) is 0 Å². The number of rotatable bonds is 4. The van der Waals surface area contributed by atoms with Crippen molar-refractivity contribution in [2.45, 2.75) is 18.9 Å². The van der Waals surface area contributed by atoms with E-state index in [2.05, 4.69) is 9.73 Å². The summed E-state index contributed by atoms with van der Waals surface area (Å²) >= 11 is 0. The SMILES string of the molecule is COC(=O)CC1=NC(Cc2ccccc2)COC1=O. The lowest BCUT2D eigenvalue weighted by Crippen LogP contribution is -2.33. The van der Waals surface area contributed by atoms with Crippen molar-refractivity contribution in [2.24, 2.45) is 4.99 Å². The van der Waals surface area contributed by atoms with E-state index >= 15 is 0 Å². The Labute approximate surface area is 111 Å². The molecule has 0 radical (unpaired) electrons. The van der Waals surface area contributed by atoms with Gasteiger partial charge in [0.1, 0.15) is 12.3 Å². The number of benzene rings is 1. The van der Waals surface area contributed by atoms with Crippen LogP contribution in [0.1, 0.15) is 12.0 Å². The van der Waals surface area contributed by atoms with Gasteiger partial charge in [-0.15, -0.1) is 0 Å². The fraction of sp³-hybridized carbons (Fsp3) is 0.357. The summed E-state index contributed by atoms with van der Waals surface area (Å²) in [7, 11) is 1.28. The zero-order valence-corrected chi connectivity index (χ0v) is 10.7. The number of ether oxygens (including phenoxy) is 2. The number of esters is 2. The lowest BCUT2D eigenvalue weighted by Gasteiger charge is -2.20. The summed E-state index contributed by atoms with van der Waals surface area (Å²) in [6.45, 7) is 0.248. The molecule has 0 aliphatic carbocycles. The van der Waals surface area contributed by atoms with Crippen LogP contribution in [0, 0.1) is 0 Å². The summed E-state index contributed by atoms with van der Waals surface area (Å²) in [5, 5.41) is 0. The van der Waals surface area contributed by atoms with Gasteiger partial charge in [-0.25, -0.2) is 4.79 Å². The van der Waals surface area contributed by atoms with Crippen LogP contribution in [0.25, 0.3) is 0 Å². The van der Waals surface area contributed by atoms with Crippen molar-refractivity contribution in [3.05, 3.63) is 35.9 Å². The van der Waals surface area contributed by atoms with E-state index in [1.54, 1.807) is 0 Å². The molecule has 0 spiro atoms. The Morgan fingerprint density at radius 2 is 2.16 bits per heavy atom. The third kappa shape index (κ3) is 3.64. The van der Waals surface area contributed by atoms with Crippen molar-refractivity contribution in [3.63, 3.8) is 0 Å². The van der Waals surface area contributed by atoms with Gasteiger partial charge in [-0.05, 0) is 12.0 Å². The van der Waals surface area contributed by atoms with Gasteiger partial charge in [0, 0.05) is 0 Å². The number of methoxy groups -OCH3 is 1. The molecule has 0 saturated heterocycles. The molecule has 0 fully saturated rings. The minimum Gasteiger partial charge on any atom is -0.469 e. The molecule has 1 aliphatic heterocycles. The smallest absolute Gasteiger partial charge is 0.352 e. The van der Waals surface area contributed by atoms with E-state index in [0.29, 0.717) is 6.42 Å². The van der Waals surface area contributed by atoms with Crippen LogP contribution in [-0.4, -0.2) is 37.4 Å². The summed E-state index contributed by atoms with van der Waals surface area (Å²) < 4.78 is 9.57. The maximum Gasteiger partial charge on any atom is 0.352 e. The highest BCUT2D eigenvalue weighted by atomic mass is 16.5. The summed E-state index contributed by atoms with van der Waals surface area (Å²) in [5.74, 6) is -1.02. The standard InChI is InChI=1S/C14H15NO4/c1-18-13(16)8-12-14(17)19-9-11(15-12)7-10-5-3-2-4-6-10/h2-6,11H,7-9H2,1H3. The fourth-order valence-electron chi connectivity index (χ4n) is 1.88. The molecule has 0 N–H and O–H groups in total. The second-order valence-corrected chi connectivity index (χ2v) is 4.27. The third-order valence-corrected chi connectivity index (χ3v) is 2.83. The highest BCUT2D eigenvalue weighted by Gasteiger charge is 2.25. The van der Waals surface area contributed by atoms with Crippen molar-refractivity contribution in [1.29, 1.82) is 0 Å². The van der Waals surface area contributed by atoms with Gasteiger partial charge in [-0.3, -0.25) is 9.79 Å². The van der Waals surface area contributed by atoms with E-state index in [-0.39, 0.29) is 24.8 Å². The van der Waals surface area contributed by atoms with Gasteiger partial charge in [0.2, 0.25) is 0 Å². The normalized spacial score (nSPS) is 18.5. The zero-order valence-electron chi connectivity index (χ0n) is 10.7. The molecule has 100 valence electrons. The van der Waals surface area contributed by atoms with Crippen LogP contribution in [0.3, 0.4) is 0 Å². The third-order valence-electron chi connectivity index (χ3n) is 2.83. The van der Waals surface area contributed by atoms with Crippen molar-refractivity contribution >= 4 is 17.7 Å². The Kier molecular flexibility index (Phi) is 4.28. The largest absolute Gasteiger partial charge is 0.469 e. The lowest BCUT2D eigenvalue weighted by molar-refractivity contribution is -0.142. The Hall–Kier alpha value is -2.17. The lowest BCUT2D eigenvalue weighted by atomic mass is 10.1. The van der Waals surface area contributed by atoms with Gasteiger partial charge < -0.3 is 9.47 Å². The molecule has 1 aromatic rings. The van der Waals surface area contributed by atoms with Gasteiger partial charge in [-0.1, -0.05) is 30.3 Å². The van der Waals surface area contributed by atoms with Crippen molar-refractivity contribution < 1.29 is 19.1 Å². The van der Waals surface area contributed by atoms with E-state index in [0.717, 1.165) is 5.56 Å². The average Bonchev–Trinajstić information content (AvgIpc) is 2.43. The summed E-state index contributed by atoms with van der Waals surface area (Å²) in [4.78, 5) is 26.9. The molecule has 1 atom stereocenters. The van der Waals surface area contributed by atoms with E-state index in [1.165, 1.54) is 7.11 Å². The topological polar surface area (TPSA) is 65.0 Å². The number of hydrogen-bond donors (Lipinski definition) is 0. The first-order valence-electron chi connectivity index (χ1n) is 6.03. The van der Waals surface area contributed by atoms with Gasteiger partial charge in [0.15, 0.2) is 0 Å². The van der Waals surface area contributed by atoms with Gasteiger partial charge in [0.05, 0.1) is 19.6 Å². The molecular formula is C14H15NO4. The fourth-order valence-corrected chi connectivity index (χ4v) is 1.88. The molecule has 0 aromatic heterocycles. The predicted octanol–water partition coefficient (Wildman–Crippen LogP) is 1.16. The molecule has 0 saturated carbocycles.